The lowest BCUT2D eigenvalue weighted by molar-refractivity contribution is 0.162. The van der Waals surface area contributed by atoms with Crippen molar-refractivity contribution in [1.29, 1.82) is 0 Å². The first-order valence-electron chi connectivity index (χ1n) is 4.72. The van der Waals surface area contributed by atoms with Gasteiger partial charge in [0.05, 0.1) is 13.2 Å². The van der Waals surface area contributed by atoms with Crippen molar-refractivity contribution in [2.24, 2.45) is 0 Å². The molecule has 1 aromatic rings. The van der Waals surface area contributed by atoms with Crippen molar-refractivity contribution < 1.29 is 9.15 Å². The van der Waals surface area contributed by atoms with Crippen molar-refractivity contribution in [3.05, 3.63) is 22.6 Å². The van der Waals surface area contributed by atoms with Crippen LogP contribution in [0.1, 0.15) is 19.1 Å². The van der Waals surface area contributed by atoms with Gasteiger partial charge in [0.25, 0.3) is 0 Å². The van der Waals surface area contributed by atoms with E-state index in [4.69, 9.17) is 9.15 Å². The number of ether oxygens (including phenoxy) is 1. The quantitative estimate of drug-likeness (QED) is 0.855. The zero-order valence-electron chi connectivity index (χ0n) is 8.55. The number of halogens is 1. The number of hydrogen-bond donors (Lipinski definition) is 1. The van der Waals surface area contributed by atoms with Crippen LogP contribution in [-0.2, 0) is 11.3 Å². The largest absolute Gasteiger partial charge is 0.453 e. The van der Waals surface area contributed by atoms with Crippen LogP contribution in [-0.4, -0.2) is 19.8 Å². The minimum Gasteiger partial charge on any atom is -0.453 e. The number of furan rings is 1. The van der Waals surface area contributed by atoms with E-state index < -0.39 is 0 Å². The van der Waals surface area contributed by atoms with Crippen molar-refractivity contribution in [2.75, 3.05) is 13.7 Å². The molecule has 14 heavy (non-hydrogen) atoms. The van der Waals surface area contributed by atoms with Crippen molar-refractivity contribution in [2.45, 2.75) is 25.9 Å². The molecule has 0 aliphatic carbocycles. The molecule has 0 spiro atoms. The van der Waals surface area contributed by atoms with Crippen molar-refractivity contribution >= 4 is 15.9 Å². The van der Waals surface area contributed by atoms with E-state index in [2.05, 4.69) is 28.2 Å². The monoisotopic (exact) mass is 261 g/mol. The van der Waals surface area contributed by atoms with Gasteiger partial charge in [-0.3, -0.25) is 0 Å². The summed E-state index contributed by atoms with van der Waals surface area (Å²) >= 11 is 3.27. The van der Waals surface area contributed by atoms with Crippen LogP contribution in [0.4, 0.5) is 0 Å². The lowest BCUT2D eigenvalue weighted by atomic mass is 10.2. The molecule has 0 aliphatic heterocycles. The second-order valence-electron chi connectivity index (χ2n) is 3.15. The normalized spacial score (nSPS) is 13.1. The van der Waals surface area contributed by atoms with Crippen LogP contribution in [0.5, 0.6) is 0 Å². The predicted molar refractivity (Wildman–Crippen MR) is 59.2 cm³/mol. The third-order valence-corrected chi connectivity index (χ3v) is 2.48. The van der Waals surface area contributed by atoms with Gasteiger partial charge in [0, 0.05) is 13.2 Å². The Kier molecular flexibility index (Phi) is 5.22. The van der Waals surface area contributed by atoms with Gasteiger partial charge >= 0.3 is 0 Å². The number of hydrogen-bond acceptors (Lipinski definition) is 3. The molecule has 0 amide bonds. The summed E-state index contributed by atoms with van der Waals surface area (Å²) in [5.41, 5.74) is 0. The molecule has 0 saturated heterocycles. The lowest BCUT2D eigenvalue weighted by Gasteiger charge is -2.14. The highest BCUT2D eigenvalue weighted by Gasteiger charge is 2.06. The molecule has 1 unspecified atom stereocenters. The minimum absolute atomic E-state index is 0.392. The summed E-state index contributed by atoms with van der Waals surface area (Å²) in [5, 5.41) is 3.36. The summed E-state index contributed by atoms with van der Waals surface area (Å²) < 4.78 is 11.2. The van der Waals surface area contributed by atoms with Crippen LogP contribution in [0, 0.1) is 0 Å². The van der Waals surface area contributed by atoms with E-state index in [-0.39, 0.29) is 0 Å². The highest BCUT2D eigenvalue weighted by Crippen LogP contribution is 2.13. The van der Waals surface area contributed by atoms with Gasteiger partial charge in [-0.25, -0.2) is 0 Å². The molecule has 0 saturated carbocycles. The summed E-state index contributed by atoms with van der Waals surface area (Å²) in [6.07, 6.45) is 1.05. The molecule has 4 heteroatoms. The Balaban J connectivity index is 2.31. The van der Waals surface area contributed by atoms with Crippen LogP contribution in [0.15, 0.2) is 21.2 Å². The summed E-state index contributed by atoms with van der Waals surface area (Å²) in [6.45, 7) is 3.61. The maximum Gasteiger partial charge on any atom is 0.169 e. The average Bonchev–Trinajstić information content (AvgIpc) is 2.59. The molecule has 3 nitrogen and oxygen atoms in total. The average molecular weight is 262 g/mol. The third-order valence-electron chi connectivity index (χ3n) is 2.05. The van der Waals surface area contributed by atoms with E-state index in [1.54, 1.807) is 7.11 Å². The van der Waals surface area contributed by atoms with Gasteiger partial charge in [-0.15, -0.1) is 0 Å². The van der Waals surface area contributed by atoms with Gasteiger partial charge in [0.15, 0.2) is 4.67 Å². The lowest BCUT2D eigenvalue weighted by Crippen LogP contribution is -2.31. The van der Waals surface area contributed by atoms with Crippen LogP contribution in [0.25, 0.3) is 0 Å². The molecule has 0 aliphatic rings. The predicted octanol–water partition coefficient (Wildman–Crippen LogP) is 2.56. The Labute approximate surface area is 92.9 Å². The van der Waals surface area contributed by atoms with Crippen LogP contribution in [0.2, 0.25) is 0 Å². The fraction of sp³-hybridized carbons (Fsp3) is 0.600. The molecule has 1 heterocycles. The smallest absolute Gasteiger partial charge is 0.169 e. The van der Waals surface area contributed by atoms with Gasteiger partial charge < -0.3 is 14.5 Å². The molecule has 0 bridgehead atoms. The first-order valence-corrected chi connectivity index (χ1v) is 5.52. The van der Waals surface area contributed by atoms with Gasteiger partial charge in [-0.2, -0.15) is 0 Å². The molecular weight excluding hydrogens is 246 g/mol. The number of rotatable bonds is 6. The van der Waals surface area contributed by atoms with Crippen molar-refractivity contribution in [3.8, 4) is 0 Å². The summed E-state index contributed by atoms with van der Waals surface area (Å²) in [7, 11) is 1.72. The molecule has 1 N–H and O–H groups in total. The van der Waals surface area contributed by atoms with E-state index in [0.29, 0.717) is 6.04 Å². The van der Waals surface area contributed by atoms with Crippen LogP contribution in [0.3, 0.4) is 0 Å². The summed E-state index contributed by atoms with van der Waals surface area (Å²) in [5.74, 6) is 0.937. The first kappa shape index (κ1) is 11.8. The van der Waals surface area contributed by atoms with Crippen molar-refractivity contribution in [1.82, 2.24) is 5.32 Å². The zero-order chi connectivity index (χ0) is 10.4. The standard InChI is InChI=1S/C10H16BrNO2/c1-3-8(7-13-2)12-6-9-4-5-10(11)14-9/h4-5,8,12H,3,6-7H2,1-2H3. The molecule has 1 atom stereocenters. The number of nitrogens with one attached hydrogen (secondary N) is 1. The van der Waals surface area contributed by atoms with Crippen molar-refractivity contribution in [3.63, 3.8) is 0 Å². The van der Waals surface area contributed by atoms with E-state index in [0.717, 1.165) is 30.0 Å². The molecule has 80 valence electrons. The fourth-order valence-electron chi connectivity index (χ4n) is 1.21. The number of methoxy groups -OCH3 is 1. The van der Waals surface area contributed by atoms with Crippen LogP contribution >= 0.6 is 15.9 Å². The second kappa shape index (κ2) is 6.22. The van der Waals surface area contributed by atoms with Gasteiger partial charge in [0.1, 0.15) is 5.76 Å². The van der Waals surface area contributed by atoms with E-state index >= 15 is 0 Å². The zero-order valence-corrected chi connectivity index (χ0v) is 10.1. The van der Waals surface area contributed by atoms with Crippen LogP contribution < -0.4 is 5.32 Å². The molecule has 1 aromatic heterocycles. The Morgan fingerprint density at radius 1 is 1.57 bits per heavy atom. The minimum atomic E-state index is 0.392. The molecular formula is C10H16BrNO2. The Hall–Kier alpha value is -0.320. The second-order valence-corrected chi connectivity index (χ2v) is 3.93. The molecule has 0 fully saturated rings. The molecule has 0 aromatic carbocycles. The van der Waals surface area contributed by atoms with E-state index in [9.17, 15) is 0 Å². The van der Waals surface area contributed by atoms with Gasteiger partial charge in [-0.05, 0) is 34.5 Å². The van der Waals surface area contributed by atoms with Gasteiger partial charge in [-0.1, -0.05) is 6.92 Å². The van der Waals surface area contributed by atoms with E-state index in [1.165, 1.54) is 0 Å². The topological polar surface area (TPSA) is 34.4 Å². The summed E-state index contributed by atoms with van der Waals surface area (Å²) in [4.78, 5) is 0. The fourth-order valence-corrected chi connectivity index (χ4v) is 1.55. The Bertz CT molecular complexity index is 262. The molecule has 1 rings (SSSR count). The SMILES string of the molecule is CCC(COC)NCc1ccc(Br)o1. The van der Waals surface area contributed by atoms with Gasteiger partial charge in [0.2, 0.25) is 0 Å². The molecule has 0 radical (unpaired) electrons. The highest BCUT2D eigenvalue weighted by atomic mass is 79.9. The van der Waals surface area contributed by atoms with E-state index in [1.807, 2.05) is 12.1 Å². The highest BCUT2D eigenvalue weighted by molar-refractivity contribution is 9.10. The first-order chi connectivity index (χ1) is 6.76. The maximum absolute atomic E-state index is 5.37. The Morgan fingerprint density at radius 2 is 2.36 bits per heavy atom. The Morgan fingerprint density at radius 3 is 2.86 bits per heavy atom. The maximum atomic E-state index is 5.37. The third kappa shape index (κ3) is 3.82. The summed E-state index contributed by atoms with van der Waals surface area (Å²) in [6, 6.07) is 4.24.